The maximum Gasteiger partial charge on any atom is 0.232 e. The SMILES string of the molecule is NC1=CN2C(=O)C[C@H]2N1. The first-order chi connectivity index (χ1) is 4.27. The number of rotatable bonds is 0. The normalized spacial score (nSPS) is 30.7. The summed E-state index contributed by atoms with van der Waals surface area (Å²) in [6.07, 6.45) is 2.38. The molecule has 48 valence electrons. The third kappa shape index (κ3) is 0.445. The van der Waals surface area contributed by atoms with Crippen molar-refractivity contribution in [3.8, 4) is 0 Å². The third-order valence-electron chi connectivity index (χ3n) is 1.60. The Morgan fingerprint density at radius 2 is 2.67 bits per heavy atom. The number of nitrogens with one attached hydrogen (secondary N) is 1. The quantitative estimate of drug-likeness (QED) is 0.404. The first kappa shape index (κ1) is 4.67. The van der Waals surface area contributed by atoms with Crippen LogP contribution in [-0.2, 0) is 4.79 Å². The number of amides is 1. The van der Waals surface area contributed by atoms with Crippen LogP contribution in [0.25, 0.3) is 0 Å². The van der Waals surface area contributed by atoms with Gasteiger partial charge in [0.1, 0.15) is 12.0 Å². The fourth-order valence-electron chi connectivity index (χ4n) is 1.09. The van der Waals surface area contributed by atoms with Gasteiger partial charge in [0.25, 0.3) is 0 Å². The van der Waals surface area contributed by atoms with Gasteiger partial charge in [-0.2, -0.15) is 0 Å². The molecule has 0 aliphatic carbocycles. The number of hydrogen-bond donors (Lipinski definition) is 2. The van der Waals surface area contributed by atoms with Crippen molar-refractivity contribution < 1.29 is 4.79 Å². The second-order valence-corrected chi connectivity index (χ2v) is 2.25. The van der Waals surface area contributed by atoms with Crippen molar-refractivity contribution in [2.45, 2.75) is 12.6 Å². The van der Waals surface area contributed by atoms with Gasteiger partial charge >= 0.3 is 0 Å². The lowest BCUT2D eigenvalue weighted by atomic mass is 10.2. The zero-order valence-electron chi connectivity index (χ0n) is 4.79. The fourth-order valence-corrected chi connectivity index (χ4v) is 1.09. The van der Waals surface area contributed by atoms with Crippen molar-refractivity contribution >= 4 is 5.91 Å². The van der Waals surface area contributed by atoms with E-state index >= 15 is 0 Å². The van der Waals surface area contributed by atoms with Crippen LogP contribution in [0.3, 0.4) is 0 Å². The van der Waals surface area contributed by atoms with E-state index in [-0.39, 0.29) is 12.1 Å². The third-order valence-corrected chi connectivity index (χ3v) is 1.60. The summed E-state index contributed by atoms with van der Waals surface area (Å²) in [5.41, 5.74) is 5.37. The molecular weight excluding hydrogens is 118 g/mol. The van der Waals surface area contributed by atoms with E-state index < -0.39 is 0 Å². The molecule has 2 aliphatic heterocycles. The van der Waals surface area contributed by atoms with Gasteiger partial charge in [0.2, 0.25) is 5.91 Å². The molecule has 0 bridgehead atoms. The highest BCUT2D eigenvalue weighted by molar-refractivity contribution is 5.84. The summed E-state index contributed by atoms with van der Waals surface area (Å²) in [5.74, 6) is 0.735. The Kier molecular flexibility index (Phi) is 0.625. The summed E-state index contributed by atoms with van der Waals surface area (Å²) in [4.78, 5) is 12.2. The Hall–Kier alpha value is -1.19. The molecule has 0 aromatic heterocycles. The Bertz CT molecular complexity index is 198. The molecule has 0 spiro atoms. The molecule has 1 atom stereocenters. The summed E-state index contributed by atoms with van der Waals surface area (Å²) in [6, 6.07) is 0. The maximum atomic E-state index is 10.6. The van der Waals surface area contributed by atoms with Gasteiger partial charge < -0.3 is 11.1 Å². The van der Waals surface area contributed by atoms with Crippen LogP contribution in [0.4, 0.5) is 0 Å². The van der Waals surface area contributed by atoms with Crippen molar-refractivity contribution in [2.24, 2.45) is 5.73 Å². The van der Waals surface area contributed by atoms with E-state index in [2.05, 4.69) is 5.32 Å². The molecule has 2 aliphatic rings. The van der Waals surface area contributed by atoms with Gasteiger partial charge in [0.15, 0.2) is 0 Å². The molecule has 1 amide bonds. The predicted octanol–water partition coefficient (Wildman–Crippen LogP) is -1.09. The smallest absolute Gasteiger partial charge is 0.232 e. The van der Waals surface area contributed by atoms with E-state index in [0.717, 1.165) is 0 Å². The zero-order valence-corrected chi connectivity index (χ0v) is 4.79. The zero-order chi connectivity index (χ0) is 6.43. The van der Waals surface area contributed by atoms with Crippen molar-refractivity contribution in [3.63, 3.8) is 0 Å². The number of carbonyl (C=O) groups is 1. The van der Waals surface area contributed by atoms with Crippen molar-refractivity contribution in [2.75, 3.05) is 0 Å². The summed E-state index contributed by atoms with van der Waals surface area (Å²) in [6.45, 7) is 0. The molecule has 0 radical (unpaired) electrons. The van der Waals surface area contributed by atoms with Crippen LogP contribution >= 0.6 is 0 Å². The van der Waals surface area contributed by atoms with Crippen LogP contribution in [0.1, 0.15) is 6.42 Å². The first-order valence-electron chi connectivity index (χ1n) is 2.82. The van der Waals surface area contributed by atoms with Crippen LogP contribution in [0.5, 0.6) is 0 Å². The van der Waals surface area contributed by atoms with Gasteiger partial charge in [0, 0.05) is 6.20 Å². The number of hydrogen-bond acceptors (Lipinski definition) is 3. The summed E-state index contributed by atoms with van der Waals surface area (Å²) >= 11 is 0. The second kappa shape index (κ2) is 1.21. The Morgan fingerprint density at radius 1 is 1.89 bits per heavy atom. The molecule has 0 aromatic rings. The molecule has 4 heteroatoms. The predicted molar refractivity (Wildman–Crippen MR) is 30.7 cm³/mol. The monoisotopic (exact) mass is 125 g/mol. The molecule has 0 unspecified atom stereocenters. The van der Waals surface area contributed by atoms with Crippen LogP contribution in [0.15, 0.2) is 12.0 Å². The van der Waals surface area contributed by atoms with Crippen LogP contribution in [0.2, 0.25) is 0 Å². The van der Waals surface area contributed by atoms with E-state index in [1.807, 2.05) is 0 Å². The number of nitrogens with zero attached hydrogens (tertiary/aromatic N) is 1. The Morgan fingerprint density at radius 3 is 3.11 bits per heavy atom. The summed E-state index contributed by atoms with van der Waals surface area (Å²) < 4.78 is 0. The van der Waals surface area contributed by atoms with Gasteiger partial charge in [-0.05, 0) is 0 Å². The van der Waals surface area contributed by atoms with Crippen molar-refractivity contribution in [3.05, 3.63) is 12.0 Å². The van der Waals surface area contributed by atoms with Crippen molar-refractivity contribution in [1.82, 2.24) is 10.2 Å². The first-order valence-corrected chi connectivity index (χ1v) is 2.82. The van der Waals surface area contributed by atoms with Gasteiger partial charge in [-0.25, -0.2) is 0 Å². The molecule has 1 saturated heterocycles. The molecule has 4 nitrogen and oxygen atoms in total. The van der Waals surface area contributed by atoms with Crippen LogP contribution < -0.4 is 11.1 Å². The molecule has 2 heterocycles. The van der Waals surface area contributed by atoms with E-state index in [1.165, 1.54) is 0 Å². The number of carbonyl (C=O) groups excluding carboxylic acids is 1. The van der Waals surface area contributed by atoms with Gasteiger partial charge in [-0.15, -0.1) is 0 Å². The van der Waals surface area contributed by atoms with Gasteiger partial charge in [0.05, 0.1) is 6.42 Å². The number of β-lactam (4-membered cyclic amide) rings is 1. The molecule has 0 saturated carbocycles. The van der Waals surface area contributed by atoms with Gasteiger partial charge in [-0.3, -0.25) is 9.69 Å². The topological polar surface area (TPSA) is 58.4 Å². The lowest BCUT2D eigenvalue weighted by Gasteiger charge is -2.32. The van der Waals surface area contributed by atoms with Crippen LogP contribution in [-0.4, -0.2) is 17.0 Å². The van der Waals surface area contributed by atoms with Crippen LogP contribution in [0, 0.1) is 0 Å². The Labute approximate surface area is 52.3 Å². The van der Waals surface area contributed by atoms with Crippen molar-refractivity contribution in [1.29, 1.82) is 0 Å². The highest BCUT2D eigenvalue weighted by atomic mass is 16.2. The second-order valence-electron chi connectivity index (χ2n) is 2.25. The van der Waals surface area contributed by atoms with Gasteiger partial charge in [-0.1, -0.05) is 0 Å². The average Bonchev–Trinajstić information content (AvgIpc) is 2.08. The number of fused-ring (bicyclic) bond motifs is 1. The lowest BCUT2D eigenvalue weighted by Crippen LogP contribution is -2.52. The Balaban J connectivity index is 2.21. The van der Waals surface area contributed by atoms with E-state index in [4.69, 9.17) is 5.73 Å². The summed E-state index contributed by atoms with van der Waals surface area (Å²) in [5, 5.41) is 2.93. The van der Waals surface area contributed by atoms with E-state index in [0.29, 0.717) is 12.2 Å². The standard InChI is InChI=1S/C5H7N3O/c6-3-2-8-4(7-3)1-5(8)9/h2,4,7H,1,6H2/t4-/m0/s1. The van der Waals surface area contributed by atoms with E-state index in [9.17, 15) is 4.79 Å². The maximum absolute atomic E-state index is 10.6. The number of nitrogens with two attached hydrogens (primary N) is 1. The molecule has 2 rings (SSSR count). The minimum atomic E-state index is 0.146. The lowest BCUT2D eigenvalue weighted by molar-refractivity contribution is -0.140. The summed E-state index contributed by atoms with van der Waals surface area (Å²) in [7, 11) is 0. The molecule has 3 N–H and O–H groups in total. The van der Waals surface area contributed by atoms with E-state index in [1.54, 1.807) is 11.1 Å². The molecule has 9 heavy (non-hydrogen) atoms. The largest absolute Gasteiger partial charge is 0.384 e. The fraction of sp³-hybridized carbons (Fsp3) is 0.400. The highest BCUT2D eigenvalue weighted by Gasteiger charge is 2.38. The minimum absolute atomic E-state index is 0.146. The molecule has 0 aromatic carbocycles. The molecule has 1 fully saturated rings. The highest BCUT2D eigenvalue weighted by Crippen LogP contribution is 2.22. The average molecular weight is 125 g/mol. The minimum Gasteiger partial charge on any atom is -0.384 e. The molecular formula is C5H7N3O.